The molecular weight excluding hydrogens is 329 g/mol. The summed E-state index contributed by atoms with van der Waals surface area (Å²) >= 11 is 1.41. The third-order valence-electron chi connectivity index (χ3n) is 2.91. The van der Waals surface area contributed by atoms with Crippen LogP contribution < -0.4 is 9.46 Å². The van der Waals surface area contributed by atoms with Crippen molar-refractivity contribution in [2.24, 2.45) is 0 Å². The highest BCUT2D eigenvalue weighted by Crippen LogP contribution is 2.21. The van der Waals surface area contributed by atoms with Gasteiger partial charge in [0.05, 0.1) is 17.6 Å². The molecule has 22 heavy (non-hydrogen) atoms. The van der Waals surface area contributed by atoms with Crippen LogP contribution in [0.15, 0.2) is 39.9 Å². The molecule has 0 aliphatic rings. The molecule has 2 rings (SSSR count). The predicted octanol–water partition coefficient (Wildman–Crippen LogP) is 2.30. The van der Waals surface area contributed by atoms with Crippen LogP contribution in [0.1, 0.15) is 18.6 Å². The Morgan fingerprint density at radius 3 is 2.77 bits per heavy atom. The second-order valence-corrected chi connectivity index (χ2v) is 7.00. The summed E-state index contributed by atoms with van der Waals surface area (Å²) in [5, 5.41) is 13.4. The first-order valence-corrected chi connectivity index (χ1v) is 8.99. The molecule has 0 unspecified atom stereocenters. The van der Waals surface area contributed by atoms with Crippen molar-refractivity contribution >= 4 is 21.4 Å². The van der Waals surface area contributed by atoms with Crippen LogP contribution in [0.4, 0.5) is 4.39 Å². The average Bonchev–Trinajstić information content (AvgIpc) is 3.01. The maximum Gasteiger partial charge on any atom is 0.240 e. The molecule has 0 saturated heterocycles. The Bertz CT molecular complexity index is 716. The lowest BCUT2D eigenvalue weighted by Gasteiger charge is -2.12. The largest absolute Gasteiger partial charge is 0.491 e. The molecule has 0 aliphatic heterocycles. The fourth-order valence-corrected chi connectivity index (χ4v) is 3.53. The van der Waals surface area contributed by atoms with Gasteiger partial charge in [0.15, 0.2) is 11.6 Å². The first-order chi connectivity index (χ1) is 10.4. The number of rotatable bonds is 7. The molecule has 1 aromatic carbocycles. The maximum atomic E-state index is 13.7. The van der Waals surface area contributed by atoms with Crippen LogP contribution in [-0.2, 0) is 10.0 Å². The van der Waals surface area contributed by atoms with E-state index in [1.54, 1.807) is 23.8 Å². The fourth-order valence-electron chi connectivity index (χ4n) is 1.78. The molecule has 120 valence electrons. The van der Waals surface area contributed by atoms with Gasteiger partial charge >= 0.3 is 0 Å². The number of hydrogen-bond acceptors (Lipinski definition) is 5. The van der Waals surface area contributed by atoms with Gasteiger partial charge in [0.25, 0.3) is 0 Å². The van der Waals surface area contributed by atoms with Crippen LogP contribution in [0, 0.1) is 5.82 Å². The second kappa shape index (κ2) is 7.19. The molecule has 1 aromatic heterocycles. The molecule has 0 spiro atoms. The number of ether oxygens (including phenoxy) is 1. The molecule has 0 amide bonds. The second-order valence-electron chi connectivity index (χ2n) is 4.45. The zero-order valence-electron chi connectivity index (χ0n) is 11.8. The van der Waals surface area contributed by atoms with Crippen molar-refractivity contribution in [2.45, 2.75) is 17.9 Å². The molecule has 0 radical (unpaired) electrons. The highest BCUT2D eigenvalue weighted by Gasteiger charge is 2.19. The van der Waals surface area contributed by atoms with E-state index < -0.39 is 21.9 Å². The Balaban J connectivity index is 2.08. The number of aliphatic hydroxyl groups excluding tert-OH is 1. The fraction of sp³-hybridized carbons (Fsp3) is 0.286. The van der Waals surface area contributed by atoms with Crippen molar-refractivity contribution < 1.29 is 22.7 Å². The Hall–Kier alpha value is -1.48. The van der Waals surface area contributed by atoms with E-state index in [1.165, 1.54) is 23.5 Å². The zero-order valence-corrected chi connectivity index (χ0v) is 13.5. The topological polar surface area (TPSA) is 75.6 Å². The molecular formula is C14H16FNO4S2. The normalized spacial score (nSPS) is 13.0. The van der Waals surface area contributed by atoms with Gasteiger partial charge in [-0.1, -0.05) is 0 Å². The van der Waals surface area contributed by atoms with Gasteiger partial charge in [0, 0.05) is 6.54 Å². The van der Waals surface area contributed by atoms with Gasteiger partial charge < -0.3 is 9.84 Å². The summed E-state index contributed by atoms with van der Waals surface area (Å²) < 4.78 is 45.2. The van der Waals surface area contributed by atoms with Crippen LogP contribution in [0.2, 0.25) is 0 Å². The summed E-state index contributed by atoms with van der Waals surface area (Å²) in [5.41, 5.74) is 0.630. The Morgan fingerprint density at radius 2 is 2.18 bits per heavy atom. The number of halogens is 1. The Kier molecular flexibility index (Phi) is 5.52. The highest BCUT2D eigenvalue weighted by molar-refractivity contribution is 7.89. The van der Waals surface area contributed by atoms with Crippen molar-refractivity contribution in [3.05, 3.63) is 46.4 Å². The van der Waals surface area contributed by atoms with Crippen molar-refractivity contribution in [1.29, 1.82) is 0 Å². The van der Waals surface area contributed by atoms with Crippen molar-refractivity contribution in [3.63, 3.8) is 0 Å². The van der Waals surface area contributed by atoms with E-state index in [4.69, 9.17) is 4.74 Å². The summed E-state index contributed by atoms with van der Waals surface area (Å²) in [6, 6.07) is 5.13. The summed E-state index contributed by atoms with van der Waals surface area (Å²) in [5.74, 6) is -0.747. The third kappa shape index (κ3) is 4.04. The van der Waals surface area contributed by atoms with Crippen molar-refractivity contribution in [2.75, 3.05) is 13.2 Å². The van der Waals surface area contributed by atoms with E-state index in [2.05, 4.69) is 4.72 Å². The standard InChI is InChI=1S/C14H16FNO4S2/c1-2-20-14-4-3-11(7-12(14)15)22(18,19)16-8-13(17)10-5-6-21-9-10/h3-7,9,13,16-17H,2,8H2,1H3/t13-/m0/s1. The third-order valence-corrected chi connectivity index (χ3v) is 5.03. The molecule has 8 heteroatoms. The van der Waals surface area contributed by atoms with Crippen molar-refractivity contribution in [3.8, 4) is 5.75 Å². The number of benzene rings is 1. The monoisotopic (exact) mass is 345 g/mol. The molecule has 0 saturated carbocycles. The lowest BCUT2D eigenvalue weighted by atomic mass is 10.2. The van der Waals surface area contributed by atoms with E-state index in [9.17, 15) is 17.9 Å². The van der Waals surface area contributed by atoms with Gasteiger partial charge in [0.2, 0.25) is 10.0 Å². The van der Waals surface area contributed by atoms with E-state index in [-0.39, 0.29) is 23.8 Å². The first-order valence-electron chi connectivity index (χ1n) is 6.56. The summed E-state index contributed by atoms with van der Waals surface area (Å²) in [6.45, 7) is 1.81. The van der Waals surface area contributed by atoms with Crippen LogP contribution in [-0.4, -0.2) is 26.7 Å². The van der Waals surface area contributed by atoms with Gasteiger partial charge in [-0.2, -0.15) is 11.3 Å². The van der Waals surface area contributed by atoms with Gasteiger partial charge in [-0.3, -0.25) is 0 Å². The molecule has 0 aliphatic carbocycles. The number of sulfonamides is 1. The predicted molar refractivity (Wildman–Crippen MR) is 82.0 cm³/mol. The minimum atomic E-state index is -3.90. The maximum absolute atomic E-state index is 13.7. The highest BCUT2D eigenvalue weighted by atomic mass is 32.2. The number of aliphatic hydroxyl groups is 1. The van der Waals surface area contributed by atoms with Crippen LogP contribution in [0.3, 0.4) is 0 Å². The molecule has 2 N–H and O–H groups in total. The molecule has 2 aromatic rings. The van der Waals surface area contributed by atoms with Crippen LogP contribution >= 0.6 is 11.3 Å². The Morgan fingerprint density at radius 1 is 1.41 bits per heavy atom. The SMILES string of the molecule is CCOc1ccc(S(=O)(=O)NC[C@H](O)c2ccsc2)cc1F. The zero-order chi connectivity index (χ0) is 16.2. The summed E-state index contributed by atoms with van der Waals surface area (Å²) in [6.07, 6.45) is -0.950. The van der Waals surface area contributed by atoms with E-state index >= 15 is 0 Å². The number of thiophene rings is 1. The average molecular weight is 345 g/mol. The summed E-state index contributed by atoms with van der Waals surface area (Å²) in [4.78, 5) is -0.217. The van der Waals surface area contributed by atoms with Gasteiger partial charge in [-0.15, -0.1) is 0 Å². The minimum absolute atomic E-state index is 0.000224. The minimum Gasteiger partial charge on any atom is -0.491 e. The molecule has 1 heterocycles. The smallest absolute Gasteiger partial charge is 0.240 e. The van der Waals surface area contributed by atoms with Gasteiger partial charge in [-0.05, 0) is 47.5 Å². The van der Waals surface area contributed by atoms with Gasteiger partial charge in [0.1, 0.15) is 0 Å². The van der Waals surface area contributed by atoms with E-state index in [1.807, 2.05) is 0 Å². The first kappa shape index (κ1) is 16.9. The summed E-state index contributed by atoms with van der Waals surface area (Å²) in [7, 11) is -3.90. The Labute approximate surface area is 132 Å². The van der Waals surface area contributed by atoms with E-state index in [0.717, 1.165) is 6.07 Å². The molecule has 5 nitrogen and oxygen atoms in total. The number of hydrogen-bond donors (Lipinski definition) is 2. The molecule has 1 atom stereocenters. The number of nitrogens with one attached hydrogen (secondary N) is 1. The van der Waals surface area contributed by atoms with Crippen LogP contribution in [0.5, 0.6) is 5.75 Å². The lowest BCUT2D eigenvalue weighted by Crippen LogP contribution is -2.28. The van der Waals surface area contributed by atoms with E-state index in [0.29, 0.717) is 5.56 Å². The van der Waals surface area contributed by atoms with Crippen molar-refractivity contribution in [1.82, 2.24) is 4.72 Å². The molecule has 0 bridgehead atoms. The van der Waals surface area contributed by atoms with Gasteiger partial charge in [-0.25, -0.2) is 17.5 Å². The lowest BCUT2D eigenvalue weighted by molar-refractivity contribution is 0.182. The van der Waals surface area contributed by atoms with Crippen LogP contribution in [0.25, 0.3) is 0 Å². The quantitative estimate of drug-likeness (QED) is 0.807. The molecule has 0 fully saturated rings.